The Morgan fingerprint density at radius 2 is 1.89 bits per heavy atom. The summed E-state index contributed by atoms with van der Waals surface area (Å²) < 4.78 is 33.6. The van der Waals surface area contributed by atoms with Crippen LogP contribution in [0.1, 0.15) is 55.5 Å². The number of halogens is 2. The maximum absolute atomic E-state index is 13.9. The molecule has 0 saturated heterocycles. The molecule has 7 heteroatoms. The quantitative estimate of drug-likeness (QED) is 0.815. The van der Waals surface area contributed by atoms with Crippen molar-refractivity contribution < 1.29 is 13.5 Å². The van der Waals surface area contributed by atoms with Crippen molar-refractivity contribution in [1.29, 1.82) is 0 Å². The minimum atomic E-state index is -2.63. The summed E-state index contributed by atoms with van der Waals surface area (Å²) in [7, 11) is 7.26. The largest absolute Gasteiger partial charge is 0.388 e. The maximum Gasteiger partial charge on any atom is 0.272 e. The number of likely N-dealkylation sites (N-methyl/N-ethyl adjacent to an activating group) is 2. The van der Waals surface area contributed by atoms with E-state index in [1.807, 2.05) is 7.05 Å². The molecule has 1 aliphatic heterocycles. The lowest BCUT2D eigenvalue weighted by atomic mass is 9.78. The topological polar surface area (TPSA) is 42.3 Å². The highest BCUT2D eigenvalue weighted by molar-refractivity contribution is 5.34. The standard InChI is InChI=1S/C18H30F2N4.C2H6O/c1-13-4-6-14(7-5-13)17-15(11-23(3)9-8-21-2)22-24-12-18(19,20)10-16(17)24;1-3-2/h13-14,21H,4-12H2,1-3H3;1-2H3. The summed E-state index contributed by atoms with van der Waals surface area (Å²) in [5.74, 6) is -1.46. The van der Waals surface area contributed by atoms with E-state index >= 15 is 0 Å². The molecule has 1 saturated carbocycles. The molecule has 27 heavy (non-hydrogen) atoms. The number of methoxy groups -OCH3 is 1. The van der Waals surface area contributed by atoms with Gasteiger partial charge < -0.3 is 10.1 Å². The molecule has 0 unspecified atom stereocenters. The molecule has 1 aromatic heterocycles. The fourth-order valence-electron chi connectivity index (χ4n) is 4.18. The van der Waals surface area contributed by atoms with Crippen molar-refractivity contribution in [2.24, 2.45) is 5.92 Å². The fourth-order valence-corrected chi connectivity index (χ4v) is 4.18. The SMILES string of the molecule is CNCCN(C)Cc1nn2c(c1C1CCC(C)CC1)CC(F)(F)C2.COC. The molecular weight excluding hydrogens is 350 g/mol. The summed E-state index contributed by atoms with van der Waals surface area (Å²) in [6.07, 6.45) is 4.47. The summed E-state index contributed by atoms with van der Waals surface area (Å²) in [6, 6.07) is 0. The highest BCUT2D eigenvalue weighted by Crippen LogP contribution is 2.42. The van der Waals surface area contributed by atoms with Gasteiger partial charge in [0.1, 0.15) is 6.54 Å². The minimum absolute atomic E-state index is 0.137. The van der Waals surface area contributed by atoms with Crippen LogP contribution in [0, 0.1) is 5.92 Å². The highest BCUT2D eigenvalue weighted by atomic mass is 19.3. The van der Waals surface area contributed by atoms with Gasteiger partial charge in [-0.15, -0.1) is 0 Å². The molecule has 0 amide bonds. The molecule has 0 aromatic carbocycles. The second-order valence-electron chi connectivity index (χ2n) is 8.20. The Balaban J connectivity index is 0.000000817. The fraction of sp³-hybridized carbons (Fsp3) is 0.850. The van der Waals surface area contributed by atoms with E-state index in [0.717, 1.165) is 55.3 Å². The van der Waals surface area contributed by atoms with Gasteiger partial charge in [-0.2, -0.15) is 5.10 Å². The van der Waals surface area contributed by atoms with E-state index in [2.05, 4.69) is 34.0 Å². The number of hydrogen-bond acceptors (Lipinski definition) is 4. The lowest BCUT2D eigenvalue weighted by Gasteiger charge is -2.28. The zero-order valence-electron chi connectivity index (χ0n) is 17.5. The highest BCUT2D eigenvalue weighted by Gasteiger charge is 2.42. The predicted molar refractivity (Wildman–Crippen MR) is 104 cm³/mol. The van der Waals surface area contributed by atoms with E-state index in [9.17, 15) is 8.78 Å². The summed E-state index contributed by atoms with van der Waals surface area (Å²) in [5.41, 5.74) is 2.98. The second-order valence-corrected chi connectivity index (χ2v) is 8.20. The molecule has 0 atom stereocenters. The molecular formula is C20H36F2N4O. The Labute approximate surface area is 162 Å². The van der Waals surface area contributed by atoms with Gasteiger partial charge in [0.15, 0.2) is 0 Å². The van der Waals surface area contributed by atoms with Gasteiger partial charge in [-0.05, 0) is 38.8 Å². The molecule has 0 radical (unpaired) electrons. The first-order valence-electron chi connectivity index (χ1n) is 10.0. The van der Waals surface area contributed by atoms with E-state index < -0.39 is 5.92 Å². The molecule has 1 aromatic rings. The number of aromatic nitrogens is 2. The Bertz CT molecular complexity index is 583. The smallest absolute Gasteiger partial charge is 0.272 e. The number of fused-ring (bicyclic) bond motifs is 1. The molecule has 3 rings (SSSR count). The molecule has 156 valence electrons. The number of rotatable bonds is 6. The van der Waals surface area contributed by atoms with Crippen LogP contribution < -0.4 is 5.32 Å². The minimum Gasteiger partial charge on any atom is -0.388 e. The number of alkyl halides is 2. The van der Waals surface area contributed by atoms with Crippen molar-refractivity contribution in [3.8, 4) is 0 Å². The summed E-state index contributed by atoms with van der Waals surface area (Å²) in [4.78, 5) is 2.22. The Morgan fingerprint density at radius 1 is 1.26 bits per heavy atom. The van der Waals surface area contributed by atoms with Crippen LogP contribution >= 0.6 is 0 Å². The maximum atomic E-state index is 13.9. The van der Waals surface area contributed by atoms with Crippen LogP contribution in [-0.4, -0.2) is 62.0 Å². The van der Waals surface area contributed by atoms with Gasteiger partial charge in [0.2, 0.25) is 0 Å². The van der Waals surface area contributed by atoms with Crippen LogP contribution in [0.15, 0.2) is 0 Å². The molecule has 5 nitrogen and oxygen atoms in total. The van der Waals surface area contributed by atoms with Crippen molar-refractivity contribution in [3.63, 3.8) is 0 Å². The molecule has 0 bridgehead atoms. The number of nitrogens with zero attached hydrogens (tertiary/aromatic N) is 3. The third-order valence-electron chi connectivity index (χ3n) is 5.57. The third kappa shape index (κ3) is 5.96. The molecule has 2 aliphatic rings. The van der Waals surface area contributed by atoms with Gasteiger partial charge in [-0.1, -0.05) is 19.8 Å². The van der Waals surface area contributed by atoms with Crippen molar-refractivity contribution in [3.05, 3.63) is 17.0 Å². The van der Waals surface area contributed by atoms with Crippen molar-refractivity contribution in [2.75, 3.05) is 41.4 Å². The monoisotopic (exact) mass is 386 g/mol. The van der Waals surface area contributed by atoms with Crippen LogP contribution in [-0.2, 0) is 24.2 Å². The van der Waals surface area contributed by atoms with E-state index in [4.69, 9.17) is 0 Å². The molecule has 2 heterocycles. The van der Waals surface area contributed by atoms with Gasteiger partial charge in [0.25, 0.3) is 5.92 Å². The first-order valence-corrected chi connectivity index (χ1v) is 10.0. The first kappa shape index (κ1) is 22.2. The lowest BCUT2D eigenvalue weighted by Crippen LogP contribution is -2.28. The van der Waals surface area contributed by atoms with Gasteiger partial charge >= 0.3 is 0 Å². The number of nitrogens with one attached hydrogen (secondary N) is 1. The van der Waals surface area contributed by atoms with Crippen LogP contribution in [0.2, 0.25) is 0 Å². The van der Waals surface area contributed by atoms with Gasteiger partial charge in [0, 0.05) is 45.1 Å². The van der Waals surface area contributed by atoms with Crippen molar-refractivity contribution in [2.45, 2.75) is 64.0 Å². The van der Waals surface area contributed by atoms with Crippen molar-refractivity contribution >= 4 is 0 Å². The summed E-state index contributed by atoms with van der Waals surface area (Å²) >= 11 is 0. The Morgan fingerprint density at radius 3 is 2.48 bits per heavy atom. The average molecular weight is 387 g/mol. The van der Waals surface area contributed by atoms with E-state index in [-0.39, 0.29) is 13.0 Å². The summed E-state index contributed by atoms with van der Waals surface area (Å²) in [6.45, 7) is 4.63. The molecule has 1 N–H and O–H groups in total. The molecule has 0 spiro atoms. The lowest BCUT2D eigenvalue weighted by molar-refractivity contribution is 0.000667. The van der Waals surface area contributed by atoms with Crippen LogP contribution in [0.3, 0.4) is 0 Å². The zero-order chi connectivity index (χ0) is 20.0. The van der Waals surface area contributed by atoms with E-state index in [1.54, 1.807) is 18.9 Å². The van der Waals surface area contributed by atoms with Crippen molar-refractivity contribution in [1.82, 2.24) is 20.0 Å². The Hall–Kier alpha value is -1.05. The van der Waals surface area contributed by atoms with Gasteiger partial charge in [-0.3, -0.25) is 9.58 Å². The number of hydrogen-bond donors (Lipinski definition) is 1. The van der Waals surface area contributed by atoms with Crippen LogP contribution in [0.4, 0.5) is 8.78 Å². The van der Waals surface area contributed by atoms with Gasteiger partial charge in [-0.25, -0.2) is 8.78 Å². The van der Waals surface area contributed by atoms with E-state index in [1.165, 1.54) is 12.8 Å². The zero-order valence-corrected chi connectivity index (χ0v) is 17.5. The molecule has 1 fully saturated rings. The van der Waals surface area contributed by atoms with Crippen LogP contribution in [0.25, 0.3) is 0 Å². The second kappa shape index (κ2) is 9.94. The number of ether oxygens (including phenoxy) is 1. The molecule has 1 aliphatic carbocycles. The third-order valence-corrected chi connectivity index (χ3v) is 5.57. The predicted octanol–water partition coefficient (Wildman–Crippen LogP) is 3.28. The van der Waals surface area contributed by atoms with Gasteiger partial charge in [0.05, 0.1) is 12.1 Å². The normalized spacial score (nSPS) is 23.9. The van der Waals surface area contributed by atoms with E-state index in [0.29, 0.717) is 5.92 Å². The average Bonchev–Trinajstić information content (AvgIpc) is 3.05. The Kier molecular flexibility index (Phi) is 8.19. The first-order chi connectivity index (χ1) is 12.8. The summed E-state index contributed by atoms with van der Waals surface area (Å²) in [5, 5.41) is 7.75. The van der Waals surface area contributed by atoms with Crippen LogP contribution in [0.5, 0.6) is 0 Å².